The molecule has 1 aromatic heterocycles. The largest absolute Gasteiger partial charge is 0.481 e. The summed E-state index contributed by atoms with van der Waals surface area (Å²) in [4.78, 5) is 65.4. The molecular weight excluding hydrogens is 416 g/mol. The lowest BCUT2D eigenvalue weighted by Gasteiger charge is -2.23. The number of H-pyrrole nitrogens is 1. The number of nitrogens with one attached hydrogen (secondary N) is 4. The molecule has 0 bridgehead atoms. The lowest BCUT2D eigenvalue weighted by Crippen LogP contribution is -2.58. The molecule has 0 aliphatic heterocycles. The highest BCUT2D eigenvalue weighted by atomic mass is 16.4. The van der Waals surface area contributed by atoms with Gasteiger partial charge in [-0.2, -0.15) is 0 Å². The number of rotatable bonds is 12. The van der Waals surface area contributed by atoms with Gasteiger partial charge in [0.15, 0.2) is 0 Å². The molecule has 0 saturated heterocycles. The number of aromatic amines is 1. The summed E-state index contributed by atoms with van der Waals surface area (Å²) in [6, 6.07) is -5.45. The second-order valence-electron chi connectivity index (χ2n) is 6.84. The fourth-order valence-electron chi connectivity index (χ4n) is 2.36. The summed E-state index contributed by atoms with van der Waals surface area (Å²) in [5.74, 6) is -5.52. The van der Waals surface area contributed by atoms with Crippen molar-refractivity contribution < 1.29 is 39.3 Å². The van der Waals surface area contributed by atoms with Crippen molar-refractivity contribution in [2.45, 2.75) is 57.0 Å². The average Bonchev–Trinajstić information content (AvgIpc) is 3.18. The SMILES string of the molecule is CC(NC(=O)C(Cc1cnc[nH]1)NC(=O)C(N)C(C)O)C(=O)NC(CC(=O)O)C(=O)O. The summed E-state index contributed by atoms with van der Waals surface area (Å²) in [6.45, 7) is 2.56. The fourth-order valence-corrected chi connectivity index (χ4v) is 2.36. The molecule has 14 heteroatoms. The van der Waals surface area contributed by atoms with Crippen molar-refractivity contribution in [1.82, 2.24) is 25.9 Å². The van der Waals surface area contributed by atoms with E-state index in [1.165, 1.54) is 26.4 Å². The number of nitrogens with two attached hydrogens (primary N) is 1. The minimum Gasteiger partial charge on any atom is -0.481 e. The van der Waals surface area contributed by atoms with E-state index in [1.54, 1.807) is 0 Å². The molecule has 0 aromatic carbocycles. The highest BCUT2D eigenvalue weighted by Crippen LogP contribution is 2.02. The molecule has 0 aliphatic rings. The van der Waals surface area contributed by atoms with Gasteiger partial charge >= 0.3 is 11.9 Å². The summed E-state index contributed by atoms with van der Waals surface area (Å²) in [5.41, 5.74) is 6.05. The number of hydrogen-bond donors (Lipinski definition) is 8. The van der Waals surface area contributed by atoms with Crippen molar-refractivity contribution in [3.63, 3.8) is 0 Å². The minimum atomic E-state index is -1.69. The van der Waals surface area contributed by atoms with Crippen molar-refractivity contribution in [1.29, 1.82) is 0 Å². The number of hydrogen-bond acceptors (Lipinski definition) is 8. The molecule has 9 N–H and O–H groups in total. The summed E-state index contributed by atoms with van der Waals surface area (Å²) in [6.07, 6.45) is 0.702. The lowest BCUT2D eigenvalue weighted by molar-refractivity contribution is -0.147. The first-order valence-electron chi connectivity index (χ1n) is 9.19. The number of aromatic nitrogens is 2. The van der Waals surface area contributed by atoms with Gasteiger partial charge in [-0.1, -0.05) is 0 Å². The number of aliphatic hydroxyl groups is 1. The molecule has 14 nitrogen and oxygen atoms in total. The number of aliphatic carboxylic acids is 2. The van der Waals surface area contributed by atoms with E-state index >= 15 is 0 Å². The quantitative estimate of drug-likeness (QED) is 0.160. The molecule has 0 saturated carbocycles. The van der Waals surface area contributed by atoms with Crippen LogP contribution in [0.4, 0.5) is 0 Å². The van der Waals surface area contributed by atoms with Crippen LogP contribution in [0.25, 0.3) is 0 Å². The van der Waals surface area contributed by atoms with E-state index in [1.807, 2.05) is 5.32 Å². The van der Waals surface area contributed by atoms with Gasteiger partial charge in [0, 0.05) is 18.3 Å². The molecule has 5 atom stereocenters. The molecular formula is C17H26N6O8. The predicted octanol–water partition coefficient (Wildman–Crippen LogP) is -3.31. The van der Waals surface area contributed by atoms with E-state index in [9.17, 15) is 29.1 Å². The third-order valence-electron chi connectivity index (χ3n) is 4.18. The fraction of sp³-hybridized carbons (Fsp3) is 0.529. The Morgan fingerprint density at radius 2 is 1.65 bits per heavy atom. The maximum absolute atomic E-state index is 12.7. The lowest BCUT2D eigenvalue weighted by atomic mass is 10.1. The summed E-state index contributed by atoms with van der Waals surface area (Å²) >= 11 is 0. The van der Waals surface area contributed by atoms with Gasteiger partial charge in [-0.15, -0.1) is 0 Å². The van der Waals surface area contributed by atoms with Crippen molar-refractivity contribution in [3.8, 4) is 0 Å². The van der Waals surface area contributed by atoms with Gasteiger partial charge in [0.2, 0.25) is 17.7 Å². The number of aliphatic hydroxyl groups excluding tert-OH is 1. The Kier molecular flexibility index (Phi) is 9.56. The second kappa shape index (κ2) is 11.6. The normalized spacial score (nSPS) is 15.6. The predicted molar refractivity (Wildman–Crippen MR) is 103 cm³/mol. The van der Waals surface area contributed by atoms with Gasteiger partial charge in [-0.05, 0) is 13.8 Å². The molecule has 1 aromatic rings. The van der Waals surface area contributed by atoms with Crippen LogP contribution in [-0.4, -0.2) is 85.2 Å². The van der Waals surface area contributed by atoms with Crippen LogP contribution in [0.5, 0.6) is 0 Å². The summed E-state index contributed by atoms with van der Waals surface area (Å²) < 4.78 is 0. The topological polar surface area (TPSA) is 237 Å². The van der Waals surface area contributed by atoms with E-state index in [-0.39, 0.29) is 6.42 Å². The molecule has 0 aliphatic carbocycles. The van der Waals surface area contributed by atoms with Gasteiger partial charge in [-0.3, -0.25) is 19.2 Å². The monoisotopic (exact) mass is 442 g/mol. The van der Waals surface area contributed by atoms with Crippen LogP contribution in [0.3, 0.4) is 0 Å². The van der Waals surface area contributed by atoms with Gasteiger partial charge < -0.3 is 42.0 Å². The third-order valence-corrected chi connectivity index (χ3v) is 4.18. The van der Waals surface area contributed by atoms with Crippen molar-refractivity contribution in [2.75, 3.05) is 0 Å². The Morgan fingerprint density at radius 3 is 2.13 bits per heavy atom. The molecule has 0 fully saturated rings. The highest BCUT2D eigenvalue weighted by molar-refractivity contribution is 5.94. The maximum atomic E-state index is 12.7. The van der Waals surface area contributed by atoms with Gasteiger partial charge in [-0.25, -0.2) is 9.78 Å². The average molecular weight is 442 g/mol. The Balaban J connectivity index is 2.85. The third kappa shape index (κ3) is 8.39. The van der Waals surface area contributed by atoms with Crippen LogP contribution < -0.4 is 21.7 Å². The van der Waals surface area contributed by atoms with Crippen molar-refractivity contribution in [3.05, 3.63) is 18.2 Å². The highest BCUT2D eigenvalue weighted by Gasteiger charge is 2.30. The van der Waals surface area contributed by atoms with Crippen LogP contribution in [0, 0.1) is 0 Å². The van der Waals surface area contributed by atoms with E-state index < -0.39 is 66.4 Å². The van der Waals surface area contributed by atoms with Crippen molar-refractivity contribution in [2.24, 2.45) is 5.73 Å². The zero-order valence-electron chi connectivity index (χ0n) is 16.9. The second-order valence-corrected chi connectivity index (χ2v) is 6.84. The van der Waals surface area contributed by atoms with Gasteiger partial charge in [0.05, 0.1) is 18.9 Å². The molecule has 1 rings (SSSR count). The van der Waals surface area contributed by atoms with Crippen LogP contribution in [0.1, 0.15) is 26.0 Å². The van der Waals surface area contributed by atoms with Crippen LogP contribution >= 0.6 is 0 Å². The number of carbonyl (C=O) groups is 5. The molecule has 0 radical (unpaired) electrons. The molecule has 3 amide bonds. The van der Waals surface area contributed by atoms with Crippen molar-refractivity contribution >= 4 is 29.7 Å². The first kappa shape index (κ1) is 25.5. The number of nitrogens with zero attached hydrogens (tertiary/aromatic N) is 1. The molecule has 31 heavy (non-hydrogen) atoms. The number of imidazole rings is 1. The molecule has 5 unspecified atom stereocenters. The Labute approximate surface area is 176 Å². The number of carbonyl (C=O) groups excluding carboxylic acids is 3. The van der Waals surface area contributed by atoms with Crippen LogP contribution in [-0.2, 0) is 30.4 Å². The standard InChI is InChI=1S/C17H26N6O8/c1-7(14(27)23-11(17(30)31)4-12(25)26)21-15(28)10(3-9-5-19-6-20-9)22-16(29)13(18)8(2)24/h5-8,10-11,13,24H,3-4,18H2,1-2H3,(H,19,20)(H,21,28)(H,22,29)(H,23,27)(H,25,26)(H,30,31). The molecule has 172 valence electrons. The zero-order chi connectivity index (χ0) is 23.7. The van der Waals surface area contributed by atoms with E-state index in [0.29, 0.717) is 5.69 Å². The van der Waals surface area contributed by atoms with Gasteiger partial charge in [0.25, 0.3) is 0 Å². The van der Waals surface area contributed by atoms with E-state index in [2.05, 4.69) is 20.6 Å². The number of amides is 3. The molecule has 0 spiro atoms. The number of carboxylic acids is 2. The number of carboxylic acid groups (broad SMARTS) is 2. The van der Waals surface area contributed by atoms with Gasteiger partial charge in [0.1, 0.15) is 24.2 Å². The molecule has 1 heterocycles. The van der Waals surface area contributed by atoms with Crippen LogP contribution in [0.2, 0.25) is 0 Å². The first-order valence-corrected chi connectivity index (χ1v) is 9.19. The Bertz CT molecular complexity index is 797. The maximum Gasteiger partial charge on any atom is 0.326 e. The Hall–Kier alpha value is -3.52. The van der Waals surface area contributed by atoms with E-state index in [4.69, 9.17) is 15.9 Å². The van der Waals surface area contributed by atoms with Crippen LogP contribution in [0.15, 0.2) is 12.5 Å². The van der Waals surface area contributed by atoms with E-state index in [0.717, 1.165) is 0 Å². The first-order chi connectivity index (χ1) is 14.4. The summed E-state index contributed by atoms with van der Waals surface area (Å²) in [5, 5.41) is 33.9. The zero-order valence-corrected chi connectivity index (χ0v) is 16.9. The summed E-state index contributed by atoms with van der Waals surface area (Å²) in [7, 11) is 0. The Morgan fingerprint density at radius 1 is 1.03 bits per heavy atom. The minimum absolute atomic E-state index is 0.0464. The smallest absolute Gasteiger partial charge is 0.326 e.